The molecule has 0 spiro atoms. The highest BCUT2D eigenvalue weighted by Gasteiger charge is 2.06. The number of benzene rings is 1. The highest BCUT2D eigenvalue weighted by Crippen LogP contribution is 2.38. The van der Waals surface area contributed by atoms with Crippen LogP contribution in [0, 0.1) is 0 Å². The average Bonchev–Trinajstić information content (AvgIpc) is 2.39. The van der Waals surface area contributed by atoms with Crippen LogP contribution in [0.15, 0.2) is 22.7 Å². The summed E-state index contributed by atoms with van der Waals surface area (Å²) in [4.78, 5) is 0. The molecule has 2 aromatic rings. The first-order valence-electron chi connectivity index (χ1n) is 3.21. The van der Waals surface area contributed by atoms with Crippen LogP contribution in [0.4, 0.5) is 0 Å². The topological polar surface area (TPSA) is 0 Å². The number of hydrogen-bond donors (Lipinski definition) is 0. The molecule has 0 bridgehead atoms. The zero-order chi connectivity index (χ0) is 8.72. The summed E-state index contributed by atoms with van der Waals surface area (Å²) < 4.78 is 2.82. The molecule has 0 fully saturated rings. The summed E-state index contributed by atoms with van der Waals surface area (Å²) in [6, 6.07) is 5.75. The summed E-state index contributed by atoms with van der Waals surface area (Å²) in [7, 11) is 0. The fourth-order valence-corrected chi connectivity index (χ4v) is 3.01. The smallest absolute Gasteiger partial charge is 0.0941 e. The van der Waals surface area contributed by atoms with Gasteiger partial charge < -0.3 is 0 Å². The first kappa shape index (κ1) is 8.82. The van der Waals surface area contributed by atoms with Crippen molar-refractivity contribution in [3.8, 4) is 0 Å². The number of halogens is 3. The largest absolute Gasteiger partial charge is 0.122 e. The van der Waals surface area contributed by atoms with Crippen molar-refractivity contribution in [3.63, 3.8) is 0 Å². The Morgan fingerprint density at radius 3 is 2.75 bits per heavy atom. The zero-order valence-electron chi connectivity index (χ0n) is 5.77. The van der Waals surface area contributed by atoms with E-state index in [-0.39, 0.29) is 0 Å². The zero-order valence-corrected chi connectivity index (χ0v) is 9.69. The van der Waals surface area contributed by atoms with Crippen LogP contribution in [0.1, 0.15) is 0 Å². The molecule has 0 aliphatic rings. The first-order valence-corrected chi connectivity index (χ1v) is 5.58. The van der Waals surface area contributed by atoms with Crippen LogP contribution in [0.25, 0.3) is 10.1 Å². The van der Waals surface area contributed by atoms with Crippen LogP contribution < -0.4 is 0 Å². The van der Waals surface area contributed by atoms with E-state index >= 15 is 0 Å². The Labute approximate surface area is 92.2 Å². The van der Waals surface area contributed by atoms with Crippen LogP contribution in [-0.2, 0) is 0 Å². The standard InChI is InChI=1S/C8H3BrCl2S/c9-7-5(10)2-1-4-3-6(11)12-8(4)7/h1-3H. The van der Waals surface area contributed by atoms with Gasteiger partial charge in [0, 0.05) is 0 Å². The number of rotatable bonds is 0. The molecule has 0 aliphatic carbocycles. The van der Waals surface area contributed by atoms with Crippen molar-refractivity contribution in [2.45, 2.75) is 0 Å². The molecule has 0 aliphatic heterocycles. The van der Waals surface area contributed by atoms with Gasteiger partial charge in [-0.25, -0.2) is 0 Å². The molecule has 0 atom stereocenters. The molecular weight excluding hydrogens is 279 g/mol. The fourth-order valence-electron chi connectivity index (χ4n) is 1.01. The molecule has 0 unspecified atom stereocenters. The molecule has 0 nitrogen and oxygen atoms in total. The first-order chi connectivity index (χ1) is 5.68. The molecule has 2 rings (SSSR count). The Morgan fingerprint density at radius 2 is 2.00 bits per heavy atom. The van der Waals surface area contributed by atoms with E-state index in [1.165, 1.54) is 11.3 Å². The Kier molecular flexibility index (Phi) is 2.34. The van der Waals surface area contributed by atoms with Gasteiger partial charge in [-0.05, 0) is 33.4 Å². The normalized spacial score (nSPS) is 10.9. The monoisotopic (exact) mass is 280 g/mol. The Morgan fingerprint density at radius 1 is 1.25 bits per heavy atom. The number of hydrogen-bond acceptors (Lipinski definition) is 1. The van der Waals surface area contributed by atoms with Crippen molar-refractivity contribution in [1.29, 1.82) is 0 Å². The lowest BCUT2D eigenvalue weighted by molar-refractivity contribution is 1.79. The lowest BCUT2D eigenvalue weighted by Gasteiger charge is -1.95. The number of fused-ring (bicyclic) bond motifs is 1. The van der Waals surface area contributed by atoms with E-state index in [0.29, 0.717) is 0 Å². The quantitative estimate of drug-likeness (QED) is 0.639. The highest BCUT2D eigenvalue weighted by atomic mass is 79.9. The van der Waals surface area contributed by atoms with Gasteiger partial charge in [0.05, 0.1) is 18.5 Å². The molecule has 0 amide bonds. The van der Waals surface area contributed by atoms with E-state index in [9.17, 15) is 0 Å². The van der Waals surface area contributed by atoms with Crippen LogP contribution in [0.2, 0.25) is 9.36 Å². The summed E-state index contributed by atoms with van der Waals surface area (Å²) in [5.41, 5.74) is 0. The molecule has 0 radical (unpaired) electrons. The van der Waals surface area contributed by atoms with Crippen molar-refractivity contribution in [3.05, 3.63) is 32.0 Å². The highest BCUT2D eigenvalue weighted by molar-refractivity contribution is 9.10. The van der Waals surface area contributed by atoms with Crippen LogP contribution in [-0.4, -0.2) is 0 Å². The maximum atomic E-state index is 5.91. The molecule has 0 N–H and O–H groups in total. The van der Waals surface area contributed by atoms with E-state index in [1.54, 1.807) is 0 Å². The molecule has 0 saturated carbocycles. The van der Waals surface area contributed by atoms with E-state index in [4.69, 9.17) is 23.2 Å². The lowest BCUT2D eigenvalue weighted by atomic mass is 10.3. The SMILES string of the molecule is Clc1cc2ccc(Cl)c(Br)c2s1. The van der Waals surface area contributed by atoms with Gasteiger partial charge in [0.25, 0.3) is 0 Å². The molecule has 1 aromatic carbocycles. The van der Waals surface area contributed by atoms with Gasteiger partial charge in [0.15, 0.2) is 0 Å². The minimum atomic E-state index is 0.723. The Balaban J connectivity index is 2.89. The van der Waals surface area contributed by atoms with E-state index in [1.807, 2.05) is 18.2 Å². The molecule has 1 heterocycles. The second-order valence-electron chi connectivity index (χ2n) is 2.33. The minimum absolute atomic E-state index is 0.723. The van der Waals surface area contributed by atoms with Crippen molar-refractivity contribution in [2.24, 2.45) is 0 Å². The second kappa shape index (κ2) is 3.18. The number of thiophene rings is 1. The Hall–Kier alpha value is 0.240. The molecule has 62 valence electrons. The van der Waals surface area contributed by atoms with Gasteiger partial charge in [0.1, 0.15) is 0 Å². The van der Waals surface area contributed by atoms with Gasteiger partial charge >= 0.3 is 0 Å². The predicted octanol–water partition coefficient (Wildman–Crippen LogP) is 4.97. The maximum absolute atomic E-state index is 5.91. The van der Waals surface area contributed by atoms with E-state index in [2.05, 4.69) is 15.9 Å². The third-order valence-electron chi connectivity index (χ3n) is 1.55. The van der Waals surface area contributed by atoms with E-state index < -0.39 is 0 Å². The molecule has 1 aromatic heterocycles. The summed E-state index contributed by atoms with van der Waals surface area (Å²) in [5, 5.41) is 1.85. The Bertz CT molecular complexity index is 436. The molecule has 12 heavy (non-hydrogen) atoms. The van der Waals surface area contributed by atoms with Crippen LogP contribution >= 0.6 is 50.5 Å². The molecule has 4 heteroatoms. The van der Waals surface area contributed by atoms with E-state index in [0.717, 1.165) is 23.9 Å². The molecule has 0 saturated heterocycles. The summed E-state index contributed by atoms with van der Waals surface area (Å²) in [5.74, 6) is 0. The van der Waals surface area contributed by atoms with Gasteiger partial charge in [-0.2, -0.15) is 0 Å². The summed E-state index contributed by atoms with van der Waals surface area (Å²) in [6.45, 7) is 0. The third kappa shape index (κ3) is 1.37. The van der Waals surface area contributed by atoms with Crippen LogP contribution in [0.5, 0.6) is 0 Å². The van der Waals surface area contributed by atoms with Gasteiger partial charge in [-0.15, -0.1) is 11.3 Å². The van der Waals surface area contributed by atoms with Crippen molar-refractivity contribution in [1.82, 2.24) is 0 Å². The van der Waals surface area contributed by atoms with Crippen molar-refractivity contribution >= 4 is 60.6 Å². The van der Waals surface area contributed by atoms with Gasteiger partial charge in [0.2, 0.25) is 0 Å². The maximum Gasteiger partial charge on any atom is 0.0941 e. The van der Waals surface area contributed by atoms with Crippen molar-refractivity contribution in [2.75, 3.05) is 0 Å². The fraction of sp³-hybridized carbons (Fsp3) is 0. The summed E-state index contributed by atoms with van der Waals surface area (Å²) >= 11 is 16.7. The van der Waals surface area contributed by atoms with Gasteiger partial charge in [-0.3, -0.25) is 0 Å². The van der Waals surface area contributed by atoms with Crippen LogP contribution in [0.3, 0.4) is 0 Å². The molecular formula is C8H3BrCl2S. The second-order valence-corrected chi connectivity index (χ2v) is 5.21. The third-order valence-corrected chi connectivity index (χ3v) is 4.48. The summed E-state index contributed by atoms with van der Waals surface area (Å²) in [6.07, 6.45) is 0. The van der Waals surface area contributed by atoms with Crippen molar-refractivity contribution < 1.29 is 0 Å². The lowest BCUT2D eigenvalue weighted by Crippen LogP contribution is -1.67. The minimum Gasteiger partial charge on any atom is -0.122 e. The average molecular weight is 282 g/mol. The predicted molar refractivity (Wildman–Crippen MR) is 59.5 cm³/mol. The van der Waals surface area contributed by atoms with Gasteiger partial charge in [-0.1, -0.05) is 29.3 Å².